The molecule has 0 spiro atoms. The predicted octanol–water partition coefficient (Wildman–Crippen LogP) is 2.44. The first-order valence-corrected chi connectivity index (χ1v) is 6.50. The summed E-state index contributed by atoms with van der Waals surface area (Å²) < 4.78 is 13.4. The maximum absolute atomic E-state index is 13.4. The second-order valence-electron chi connectivity index (χ2n) is 4.89. The van der Waals surface area contributed by atoms with Gasteiger partial charge in [-0.15, -0.1) is 0 Å². The Labute approximate surface area is 125 Å². The first-order chi connectivity index (χ1) is 10.5. The number of fused-ring (bicyclic) bond motifs is 1. The molecule has 2 amide bonds. The Bertz CT molecular complexity index is 840. The Balaban J connectivity index is 1.83. The lowest BCUT2D eigenvalue weighted by molar-refractivity contribution is -0.115. The number of amides is 2. The summed E-state index contributed by atoms with van der Waals surface area (Å²) in [6.07, 6.45) is 0.261. The SMILES string of the molecule is N#Cc1cc(F)cc(C(=O)Nc2ccc3c(c2)CC(=O)N3)c1. The number of hydrogen-bond acceptors (Lipinski definition) is 3. The number of carbonyl (C=O) groups excluding carboxylic acids is 2. The van der Waals surface area contributed by atoms with Gasteiger partial charge >= 0.3 is 0 Å². The van der Waals surface area contributed by atoms with Gasteiger partial charge in [-0.2, -0.15) is 5.26 Å². The third-order valence-electron chi connectivity index (χ3n) is 3.28. The molecule has 3 rings (SSSR count). The molecule has 0 bridgehead atoms. The van der Waals surface area contributed by atoms with Crippen molar-refractivity contribution in [2.45, 2.75) is 6.42 Å². The van der Waals surface area contributed by atoms with Crippen LogP contribution in [0, 0.1) is 17.1 Å². The zero-order valence-corrected chi connectivity index (χ0v) is 11.3. The van der Waals surface area contributed by atoms with E-state index in [1.165, 1.54) is 6.07 Å². The molecule has 2 aromatic rings. The largest absolute Gasteiger partial charge is 0.326 e. The number of hydrogen-bond donors (Lipinski definition) is 2. The van der Waals surface area contributed by atoms with Gasteiger partial charge in [-0.25, -0.2) is 4.39 Å². The third-order valence-corrected chi connectivity index (χ3v) is 3.28. The van der Waals surface area contributed by atoms with E-state index in [4.69, 9.17) is 5.26 Å². The van der Waals surface area contributed by atoms with Crippen LogP contribution in [0.15, 0.2) is 36.4 Å². The summed E-state index contributed by atoms with van der Waals surface area (Å²) in [4.78, 5) is 23.4. The van der Waals surface area contributed by atoms with Gasteiger partial charge in [0.2, 0.25) is 5.91 Å². The van der Waals surface area contributed by atoms with E-state index in [1.807, 2.05) is 0 Å². The van der Waals surface area contributed by atoms with Gasteiger partial charge in [-0.05, 0) is 42.0 Å². The molecule has 0 atom stereocenters. The topological polar surface area (TPSA) is 82.0 Å². The van der Waals surface area contributed by atoms with Crippen molar-refractivity contribution in [1.82, 2.24) is 0 Å². The average molecular weight is 295 g/mol. The molecular formula is C16H10FN3O2. The van der Waals surface area contributed by atoms with Crippen LogP contribution in [0.1, 0.15) is 21.5 Å². The lowest BCUT2D eigenvalue weighted by Gasteiger charge is -2.07. The van der Waals surface area contributed by atoms with Crippen LogP contribution < -0.4 is 10.6 Å². The van der Waals surface area contributed by atoms with Crippen molar-refractivity contribution in [2.75, 3.05) is 10.6 Å². The summed E-state index contributed by atoms with van der Waals surface area (Å²) in [6, 6.07) is 10.3. The molecule has 6 heteroatoms. The monoisotopic (exact) mass is 295 g/mol. The number of carbonyl (C=O) groups is 2. The fraction of sp³-hybridized carbons (Fsp3) is 0.0625. The molecule has 2 N–H and O–H groups in total. The van der Waals surface area contributed by atoms with Crippen molar-refractivity contribution < 1.29 is 14.0 Å². The van der Waals surface area contributed by atoms with Gasteiger partial charge in [0.15, 0.2) is 0 Å². The first-order valence-electron chi connectivity index (χ1n) is 6.50. The molecule has 0 aliphatic carbocycles. The van der Waals surface area contributed by atoms with Gasteiger partial charge in [0.25, 0.3) is 5.91 Å². The van der Waals surface area contributed by atoms with Crippen LogP contribution in [0.2, 0.25) is 0 Å². The Kier molecular flexibility index (Phi) is 3.31. The zero-order valence-electron chi connectivity index (χ0n) is 11.3. The molecule has 0 saturated carbocycles. The quantitative estimate of drug-likeness (QED) is 0.892. The van der Waals surface area contributed by atoms with E-state index in [1.54, 1.807) is 24.3 Å². The maximum Gasteiger partial charge on any atom is 0.255 e. The van der Waals surface area contributed by atoms with Gasteiger partial charge in [-0.3, -0.25) is 9.59 Å². The Hall–Kier alpha value is -3.20. The van der Waals surface area contributed by atoms with E-state index < -0.39 is 11.7 Å². The molecule has 2 aromatic carbocycles. The number of anilines is 2. The number of nitrogens with one attached hydrogen (secondary N) is 2. The van der Waals surface area contributed by atoms with E-state index in [0.29, 0.717) is 5.69 Å². The van der Waals surface area contributed by atoms with Crippen molar-refractivity contribution in [2.24, 2.45) is 0 Å². The maximum atomic E-state index is 13.4. The van der Waals surface area contributed by atoms with Gasteiger partial charge in [0.1, 0.15) is 5.82 Å². The molecule has 1 aliphatic heterocycles. The van der Waals surface area contributed by atoms with Crippen molar-refractivity contribution >= 4 is 23.2 Å². The van der Waals surface area contributed by atoms with E-state index >= 15 is 0 Å². The van der Waals surface area contributed by atoms with Gasteiger partial charge < -0.3 is 10.6 Å². The third kappa shape index (κ3) is 2.65. The fourth-order valence-electron chi connectivity index (χ4n) is 2.30. The van der Waals surface area contributed by atoms with E-state index in [2.05, 4.69) is 10.6 Å². The highest BCUT2D eigenvalue weighted by Gasteiger charge is 2.18. The summed E-state index contributed by atoms with van der Waals surface area (Å²) in [5.74, 6) is -1.26. The molecule has 108 valence electrons. The molecule has 0 fully saturated rings. The van der Waals surface area contributed by atoms with Crippen molar-refractivity contribution in [3.8, 4) is 6.07 Å². The van der Waals surface area contributed by atoms with Crippen LogP contribution in [0.25, 0.3) is 0 Å². The summed E-state index contributed by atoms with van der Waals surface area (Å²) >= 11 is 0. The molecule has 22 heavy (non-hydrogen) atoms. The Morgan fingerprint density at radius 2 is 2.09 bits per heavy atom. The standard InChI is InChI=1S/C16H10FN3O2/c17-12-4-9(8-18)3-11(5-12)16(22)19-13-1-2-14-10(6-13)7-15(21)20-14/h1-6H,7H2,(H,19,22)(H,20,21). The van der Waals surface area contributed by atoms with E-state index in [-0.39, 0.29) is 23.5 Å². The number of benzene rings is 2. The second-order valence-corrected chi connectivity index (χ2v) is 4.89. The molecule has 5 nitrogen and oxygen atoms in total. The van der Waals surface area contributed by atoms with Crippen LogP contribution in [-0.2, 0) is 11.2 Å². The number of nitrogens with zero attached hydrogens (tertiary/aromatic N) is 1. The first kappa shape index (κ1) is 13.8. The Morgan fingerprint density at radius 1 is 1.27 bits per heavy atom. The Morgan fingerprint density at radius 3 is 2.86 bits per heavy atom. The number of nitriles is 1. The smallest absolute Gasteiger partial charge is 0.255 e. The summed E-state index contributed by atoms with van der Waals surface area (Å²) in [7, 11) is 0. The van der Waals surface area contributed by atoms with Crippen LogP contribution in [0.5, 0.6) is 0 Å². The zero-order chi connectivity index (χ0) is 15.7. The summed E-state index contributed by atoms with van der Waals surface area (Å²) in [6.45, 7) is 0. The van der Waals surface area contributed by atoms with Crippen LogP contribution in [-0.4, -0.2) is 11.8 Å². The van der Waals surface area contributed by atoms with Crippen LogP contribution in [0.4, 0.5) is 15.8 Å². The number of halogens is 1. The normalized spacial score (nSPS) is 12.3. The van der Waals surface area contributed by atoms with Gasteiger partial charge in [0.05, 0.1) is 18.1 Å². The van der Waals surface area contributed by atoms with Crippen LogP contribution >= 0.6 is 0 Å². The van der Waals surface area contributed by atoms with Gasteiger partial charge in [-0.1, -0.05) is 0 Å². The van der Waals surface area contributed by atoms with Crippen molar-refractivity contribution in [3.63, 3.8) is 0 Å². The van der Waals surface area contributed by atoms with E-state index in [0.717, 1.165) is 23.4 Å². The lowest BCUT2D eigenvalue weighted by Crippen LogP contribution is -2.12. The summed E-state index contributed by atoms with van der Waals surface area (Å²) in [5, 5.41) is 14.1. The minimum absolute atomic E-state index is 0.0613. The van der Waals surface area contributed by atoms with Crippen LogP contribution in [0.3, 0.4) is 0 Å². The molecule has 1 heterocycles. The van der Waals surface area contributed by atoms with Crippen molar-refractivity contribution in [3.05, 3.63) is 58.9 Å². The van der Waals surface area contributed by atoms with Gasteiger partial charge in [0, 0.05) is 16.9 Å². The van der Waals surface area contributed by atoms with E-state index in [9.17, 15) is 14.0 Å². The highest BCUT2D eigenvalue weighted by Crippen LogP contribution is 2.26. The fourth-order valence-corrected chi connectivity index (χ4v) is 2.30. The molecule has 0 unspecified atom stereocenters. The molecule has 0 saturated heterocycles. The average Bonchev–Trinajstić information content (AvgIpc) is 2.85. The molecular weight excluding hydrogens is 285 g/mol. The highest BCUT2D eigenvalue weighted by atomic mass is 19.1. The molecule has 0 aromatic heterocycles. The predicted molar refractivity (Wildman–Crippen MR) is 77.8 cm³/mol. The summed E-state index contributed by atoms with van der Waals surface area (Å²) in [5.41, 5.74) is 2.16. The molecule has 1 aliphatic rings. The highest BCUT2D eigenvalue weighted by molar-refractivity contribution is 6.05. The van der Waals surface area contributed by atoms with Crippen molar-refractivity contribution in [1.29, 1.82) is 5.26 Å². The minimum Gasteiger partial charge on any atom is -0.326 e. The lowest BCUT2D eigenvalue weighted by atomic mass is 10.1. The second kappa shape index (κ2) is 5.30. The minimum atomic E-state index is -0.645. The number of rotatable bonds is 2. The molecule has 0 radical (unpaired) electrons.